The first kappa shape index (κ1) is 16.2. The molecule has 0 radical (unpaired) electrons. The zero-order valence-corrected chi connectivity index (χ0v) is 13.2. The number of nitrogens with zero attached hydrogens (tertiary/aromatic N) is 1. The molecule has 2 rings (SSSR count). The van der Waals surface area contributed by atoms with Crippen LogP contribution >= 0.6 is 11.8 Å². The summed E-state index contributed by atoms with van der Waals surface area (Å²) in [6, 6.07) is -0.820. The van der Waals surface area contributed by atoms with Crippen molar-refractivity contribution >= 4 is 33.6 Å². The summed E-state index contributed by atoms with van der Waals surface area (Å²) in [6.07, 6.45) is 4.62. The quantitative estimate of drug-likeness (QED) is 0.712. The number of hydrogen-bond acceptors (Lipinski definition) is 5. The Labute approximate surface area is 127 Å². The molecule has 21 heavy (non-hydrogen) atoms. The van der Waals surface area contributed by atoms with Gasteiger partial charge in [-0.1, -0.05) is 12.2 Å². The highest BCUT2D eigenvalue weighted by atomic mass is 32.2. The maximum absolute atomic E-state index is 12.2. The minimum Gasteiger partial charge on any atom is -0.481 e. The number of hydrogen-bond donors (Lipinski definition) is 2. The van der Waals surface area contributed by atoms with Gasteiger partial charge in [0.25, 0.3) is 0 Å². The Morgan fingerprint density at radius 2 is 2.10 bits per heavy atom. The molecule has 7 nitrogen and oxygen atoms in total. The summed E-state index contributed by atoms with van der Waals surface area (Å²) in [6.45, 7) is 0.368. The highest BCUT2D eigenvalue weighted by Gasteiger charge is 2.35. The average Bonchev–Trinajstić information content (AvgIpc) is 2.86. The number of aliphatic carboxylic acids is 1. The highest BCUT2D eigenvalue weighted by Crippen LogP contribution is 2.22. The van der Waals surface area contributed by atoms with E-state index in [-0.39, 0.29) is 6.04 Å². The van der Waals surface area contributed by atoms with E-state index in [0.29, 0.717) is 24.5 Å². The van der Waals surface area contributed by atoms with E-state index in [2.05, 4.69) is 5.32 Å². The SMILES string of the molecule is CS(=O)(=O)C1CSCCN1C(=O)NC1C=CC(C(=O)O)C1. The number of thioether (sulfide) groups is 1. The van der Waals surface area contributed by atoms with Crippen LogP contribution in [0.1, 0.15) is 6.42 Å². The van der Waals surface area contributed by atoms with E-state index in [4.69, 9.17) is 5.11 Å². The molecular formula is C12H18N2O5S2. The molecule has 0 bridgehead atoms. The van der Waals surface area contributed by atoms with Crippen molar-refractivity contribution in [2.45, 2.75) is 17.8 Å². The second kappa shape index (κ2) is 6.27. The van der Waals surface area contributed by atoms with Crippen LogP contribution in [0.25, 0.3) is 0 Å². The number of carboxylic acids is 1. The third-order valence-electron chi connectivity index (χ3n) is 3.55. The third kappa shape index (κ3) is 3.91. The van der Waals surface area contributed by atoms with Gasteiger partial charge >= 0.3 is 12.0 Å². The molecule has 2 N–H and O–H groups in total. The lowest BCUT2D eigenvalue weighted by Crippen LogP contribution is -2.54. The van der Waals surface area contributed by atoms with E-state index >= 15 is 0 Å². The molecule has 118 valence electrons. The Balaban J connectivity index is 1.99. The predicted octanol–water partition coefficient (Wildman–Crippen LogP) is 0.145. The Hall–Kier alpha value is -1.22. The van der Waals surface area contributed by atoms with Gasteiger partial charge < -0.3 is 15.3 Å². The molecule has 0 aromatic carbocycles. The van der Waals surface area contributed by atoms with Gasteiger partial charge in [0.1, 0.15) is 5.37 Å². The van der Waals surface area contributed by atoms with Crippen LogP contribution in [0, 0.1) is 5.92 Å². The third-order valence-corrected chi connectivity index (χ3v) is 6.19. The van der Waals surface area contributed by atoms with Gasteiger partial charge in [-0.3, -0.25) is 4.79 Å². The van der Waals surface area contributed by atoms with Gasteiger partial charge in [0, 0.05) is 24.3 Å². The summed E-state index contributed by atoms with van der Waals surface area (Å²) in [5, 5.41) is 10.8. The Bertz CT molecular complexity index is 560. The van der Waals surface area contributed by atoms with Crippen molar-refractivity contribution in [2.75, 3.05) is 24.3 Å². The molecule has 3 atom stereocenters. The lowest BCUT2D eigenvalue weighted by atomic mass is 10.1. The maximum Gasteiger partial charge on any atom is 0.318 e. The van der Waals surface area contributed by atoms with Crippen LogP contribution in [0.15, 0.2) is 12.2 Å². The van der Waals surface area contributed by atoms with Crippen LogP contribution in [0.4, 0.5) is 4.79 Å². The fraction of sp³-hybridized carbons (Fsp3) is 0.667. The summed E-state index contributed by atoms with van der Waals surface area (Å²) in [4.78, 5) is 24.4. The van der Waals surface area contributed by atoms with E-state index in [1.165, 1.54) is 16.7 Å². The summed E-state index contributed by atoms with van der Waals surface area (Å²) >= 11 is 1.51. The van der Waals surface area contributed by atoms with Gasteiger partial charge in [-0.05, 0) is 6.42 Å². The van der Waals surface area contributed by atoms with Crippen LogP contribution < -0.4 is 5.32 Å². The largest absolute Gasteiger partial charge is 0.481 e. The van der Waals surface area contributed by atoms with Crippen molar-refractivity contribution < 1.29 is 23.1 Å². The first-order chi connectivity index (χ1) is 9.79. The van der Waals surface area contributed by atoms with Crippen molar-refractivity contribution in [1.82, 2.24) is 10.2 Å². The second-order valence-electron chi connectivity index (χ2n) is 5.17. The van der Waals surface area contributed by atoms with Crippen molar-refractivity contribution in [2.24, 2.45) is 5.92 Å². The minimum absolute atomic E-state index is 0.299. The number of sulfone groups is 1. The Morgan fingerprint density at radius 1 is 1.38 bits per heavy atom. The van der Waals surface area contributed by atoms with Crippen molar-refractivity contribution in [3.8, 4) is 0 Å². The van der Waals surface area contributed by atoms with Crippen LogP contribution in [-0.4, -0.2) is 66.1 Å². The topological polar surface area (TPSA) is 104 Å². The Kier molecular flexibility index (Phi) is 4.82. The molecule has 1 aliphatic carbocycles. The lowest BCUT2D eigenvalue weighted by molar-refractivity contribution is -0.140. The molecule has 1 aliphatic heterocycles. The zero-order chi connectivity index (χ0) is 15.6. The zero-order valence-electron chi connectivity index (χ0n) is 11.6. The molecule has 3 unspecified atom stereocenters. The molecule has 0 spiro atoms. The van der Waals surface area contributed by atoms with Gasteiger partial charge in [0.15, 0.2) is 9.84 Å². The molecule has 2 aliphatic rings. The summed E-state index contributed by atoms with van der Waals surface area (Å²) in [7, 11) is -3.35. The number of nitrogens with one attached hydrogen (secondary N) is 1. The lowest BCUT2D eigenvalue weighted by Gasteiger charge is -2.34. The summed E-state index contributed by atoms with van der Waals surface area (Å²) in [5.41, 5.74) is 0. The average molecular weight is 334 g/mol. The fourth-order valence-corrected chi connectivity index (χ4v) is 5.21. The van der Waals surface area contributed by atoms with E-state index < -0.39 is 33.1 Å². The van der Waals surface area contributed by atoms with Gasteiger partial charge in [-0.15, -0.1) is 0 Å². The Morgan fingerprint density at radius 3 is 2.67 bits per heavy atom. The predicted molar refractivity (Wildman–Crippen MR) is 79.9 cm³/mol. The molecular weight excluding hydrogens is 316 g/mol. The normalized spacial score (nSPS) is 29.4. The van der Waals surface area contributed by atoms with Crippen molar-refractivity contribution in [3.05, 3.63) is 12.2 Å². The molecule has 1 saturated heterocycles. The smallest absolute Gasteiger partial charge is 0.318 e. The van der Waals surface area contributed by atoms with E-state index in [1.807, 2.05) is 0 Å². The maximum atomic E-state index is 12.2. The van der Waals surface area contributed by atoms with Crippen LogP contribution in [0.3, 0.4) is 0 Å². The first-order valence-corrected chi connectivity index (χ1v) is 9.65. The molecule has 0 saturated carbocycles. The second-order valence-corrected chi connectivity index (χ2v) is 8.53. The monoisotopic (exact) mass is 334 g/mol. The first-order valence-electron chi connectivity index (χ1n) is 6.54. The minimum atomic E-state index is -3.35. The number of carbonyl (C=O) groups is 2. The van der Waals surface area contributed by atoms with Gasteiger partial charge in [-0.25, -0.2) is 13.2 Å². The molecule has 2 amide bonds. The van der Waals surface area contributed by atoms with Crippen molar-refractivity contribution in [1.29, 1.82) is 0 Å². The summed E-state index contributed by atoms with van der Waals surface area (Å²) < 4.78 is 23.5. The molecule has 0 aromatic rings. The molecule has 9 heteroatoms. The van der Waals surface area contributed by atoms with E-state index in [0.717, 1.165) is 6.26 Å². The van der Waals surface area contributed by atoms with Gasteiger partial charge in [0.2, 0.25) is 0 Å². The molecule has 1 fully saturated rings. The van der Waals surface area contributed by atoms with Crippen LogP contribution in [0.5, 0.6) is 0 Å². The summed E-state index contributed by atoms with van der Waals surface area (Å²) in [5.74, 6) is -0.466. The highest BCUT2D eigenvalue weighted by molar-refractivity contribution is 8.00. The number of rotatable bonds is 3. The van der Waals surface area contributed by atoms with Crippen LogP contribution in [-0.2, 0) is 14.6 Å². The van der Waals surface area contributed by atoms with E-state index in [9.17, 15) is 18.0 Å². The van der Waals surface area contributed by atoms with E-state index in [1.54, 1.807) is 12.2 Å². The fourth-order valence-electron chi connectivity index (χ4n) is 2.40. The molecule has 1 heterocycles. The standard InChI is InChI=1S/C12H18N2O5S2/c1-21(18,19)10-7-20-5-4-14(10)12(17)13-9-3-2-8(6-9)11(15)16/h2-3,8-10H,4-7H2,1H3,(H,13,17)(H,15,16). The number of urea groups is 1. The van der Waals surface area contributed by atoms with Gasteiger partial charge in [0.05, 0.1) is 12.0 Å². The van der Waals surface area contributed by atoms with Crippen LogP contribution in [0.2, 0.25) is 0 Å². The van der Waals surface area contributed by atoms with Crippen molar-refractivity contribution in [3.63, 3.8) is 0 Å². The molecule has 0 aromatic heterocycles. The number of amides is 2. The van der Waals surface area contributed by atoms with Gasteiger partial charge in [-0.2, -0.15) is 11.8 Å². The number of carbonyl (C=O) groups excluding carboxylic acids is 1. The number of carboxylic acid groups (broad SMARTS) is 1.